The van der Waals surface area contributed by atoms with E-state index in [9.17, 15) is 14.4 Å². The van der Waals surface area contributed by atoms with Crippen LogP contribution in [-0.2, 0) is 15.1 Å². The molecule has 0 saturated carbocycles. The molecular weight excluding hydrogens is 308 g/mol. The Morgan fingerprint density at radius 2 is 1.50 bits per heavy atom. The lowest BCUT2D eigenvalue weighted by Gasteiger charge is -2.27. The first kappa shape index (κ1) is 15.7. The lowest BCUT2D eigenvalue weighted by atomic mass is 9.83. The number of ether oxygens (including phenoxy) is 1. The Bertz CT molecular complexity index is 735. The van der Waals surface area contributed by atoms with Crippen molar-refractivity contribution in [2.45, 2.75) is 12.5 Å². The molecular formula is C18H16N2O4. The van der Waals surface area contributed by atoms with Crippen molar-refractivity contribution < 1.29 is 19.1 Å². The molecule has 4 amide bonds. The highest BCUT2D eigenvalue weighted by Crippen LogP contribution is 2.36. The van der Waals surface area contributed by atoms with Crippen molar-refractivity contribution >= 4 is 18.0 Å². The molecule has 0 bridgehead atoms. The Kier molecular flexibility index (Phi) is 4.04. The predicted molar refractivity (Wildman–Crippen MR) is 86.1 cm³/mol. The standard InChI is InChI=1S/C18H16N2O4/c1-2-24-17(23)20-15(21)18(19-16(20)22,13-9-5-3-6-10-13)14-11-7-4-8-12-14/h3-12H,2H2,1H3,(H,19,22). The van der Waals surface area contributed by atoms with E-state index in [-0.39, 0.29) is 6.61 Å². The Labute approximate surface area is 139 Å². The van der Waals surface area contributed by atoms with Gasteiger partial charge in [-0.2, -0.15) is 4.90 Å². The summed E-state index contributed by atoms with van der Waals surface area (Å²) in [5.41, 5.74) is -0.311. The summed E-state index contributed by atoms with van der Waals surface area (Å²) in [6, 6.07) is 16.8. The van der Waals surface area contributed by atoms with Crippen LogP contribution in [0.3, 0.4) is 0 Å². The lowest BCUT2D eigenvalue weighted by molar-refractivity contribution is -0.129. The lowest BCUT2D eigenvalue weighted by Crippen LogP contribution is -2.45. The summed E-state index contributed by atoms with van der Waals surface area (Å²) < 4.78 is 4.84. The second-order valence-corrected chi connectivity index (χ2v) is 5.25. The van der Waals surface area contributed by atoms with Crippen molar-refractivity contribution in [3.05, 3.63) is 71.8 Å². The van der Waals surface area contributed by atoms with Gasteiger partial charge < -0.3 is 10.1 Å². The van der Waals surface area contributed by atoms with Crippen LogP contribution >= 0.6 is 0 Å². The average Bonchev–Trinajstić information content (AvgIpc) is 2.88. The van der Waals surface area contributed by atoms with Gasteiger partial charge in [0.15, 0.2) is 5.54 Å². The smallest absolute Gasteiger partial charge is 0.425 e. The Morgan fingerprint density at radius 3 is 1.96 bits per heavy atom. The summed E-state index contributed by atoms with van der Waals surface area (Å²) in [5, 5.41) is 2.68. The van der Waals surface area contributed by atoms with Crippen molar-refractivity contribution in [3.63, 3.8) is 0 Å². The van der Waals surface area contributed by atoms with Gasteiger partial charge in [0.1, 0.15) is 0 Å². The van der Waals surface area contributed by atoms with E-state index in [0.29, 0.717) is 16.0 Å². The summed E-state index contributed by atoms with van der Waals surface area (Å²) in [7, 11) is 0. The third kappa shape index (κ3) is 2.32. The van der Waals surface area contributed by atoms with Crippen LogP contribution in [0.1, 0.15) is 18.1 Å². The predicted octanol–water partition coefficient (Wildman–Crippen LogP) is 2.64. The third-order valence-electron chi connectivity index (χ3n) is 3.89. The molecule has 0 aliphatic carbocycles. The van der Waals surface area contributed by atoms with Crippen LogP contribution in [0.5, 0.6) is 0 Å². The zero-order valence-corrected chi connectivity index (χ0v) is 13.1. The van der Waals surface area contributed by atoms with Crippen molar-refractivity contribution in [1.82, 2.24) is 10.2 Å². The molecule has 0 aromatic heterocycles. The topological polar surface area (TPSA) is 75.7 Å². The fraction of sp³-hybridized carbons (Fsp3) is 0.167. The van der Waals surface area contributed by atoms with Gasteiger partial charge >= 0.3 is 12.1 Å². The van der Waals surface area contributed by atoms with E-state index in [1.807, 2.05) is 12.1 Å². The maximum atomic E-state index is 13.1. The molecule has 1 N–H and O–H groups in total. The highest BCUT2D eigenvalue weighted by atomic mass is 16.6. The first-order valence-electron chi connectivity index (χ1n) is 7.55. The quantitative estimate of drug-likeness (QED) is 0.881. The number of hydrogen-bond acceptors (Lipinski definition) is 4. The number of carbonyl (C=O) groups is 3. The van der Waals surface area contributed by atoms with Gasteiger partial charge in [-0.1, -0.05) is 60.7 Å². The van der Waals surface area contributed by atoms with E-state index < -0.39 is 23.6 Å². The molecule has 3 rings (SSSR count). The molecule has 6 nitrogen and oxygen atoms in total. The fourth-order valence-electron chi connectivity index (χ4n) is 2.82. The second kappa shape index (κ2) is 6.16. The summed E-state index contributed by atoms with van der Waals surface area (Å²) in [5.74, 6) is -0.677. The summed E-state index contributed by atoms with van der Waals surface area (Å²) >= 11 is 0. The van der Waals surface area contributed by atoms with E-state index in [2.05, 4.69) is 5.32 Å². The van der Waals surface area contributed by atoms with Crippen LogP contribution in [0.25, 0.3) is 0 Å². The minimum atomic E-state index is -1.45. The van der Waals surface area contributed by atoms with Crippen molar-refractivity contribution in [2.75, 3.05) is 6.61 Å². The number of benzene rings is 2. The van der Waals surface area contributed by atoms with E-state index in [0.717, 1.165) is 0 Å². The SMILES string of the molecule is CCOC(=O)N1C(=O)NC(c2ccccc2)(c2ccccc2)C1=O. The van der Waals surface area contributed by atoms with Gasteiger partial charge in [0.2, 0.25) is 0 Å². The van der Waals surface area contributed by atoms with E-state index >= 15 is 0 Å². The highest BCUT2D eigenvalue weighted by molar-refractivity contribution is 6.18. The van der Waals surface area contributed by atoms with E-state index in [4.69, 9.17) is 4.74 Å². The van der Waals surface area contributed by atoms with Gasteiger partial charge in [0.05, 0.1) is 6.61 Å². The molecule has 0 unspecified atom stereocenters. The molecule has 1 aliphatic heterocycles. The molecule has 1 saturated heterocycles. The van der Waals surface area contributed by atoms with Crippen molar-refractivity contribution in [3.8, 4) is 0 Å². The Morgan fingerprint density at radius 1 is 1.00 bits per heavy atom. The molecule has 1 heterocycles. The van der Waals surface area contributed by atoms with Gasteiger partial charge in [-0.05, 0) is 18.1 Å². The number of nitrogens with zero attached hydrogens (tertiary/aromatic N) is 1. The molecule has 2 aromatic carbocycles. The van der Waals surface area contributed by atoms with Gasteiger partial charge in [-0.3, -0.25) is 4.79 Å². The minimum Gasteiger partial charge on any atom is -0.449 e. The molecule has 0 radical (unpaired) electrons. The molecule has 122 valence electrons. The maximum absolute atomic E-state index is 13.1. The first-order valence-corrected chi connectivity index (χ1v) is 7.55. The molecule has 6 heteroatoms. The van der Waals surface area contributed by atoms with Crippen LogP contribution < -0.4 is 5.32 Å². The van der Waals surface area contributed by atoms with Crippen LogP contribution in [0.15, 0.2) is 60.7 Å². The maximum Gasteiger partial charge on any atom is 0.425 e. The van der Waals surface area contributed by atoms with Gasteiger partial charge in [-0.15, -0.1) is 0 Å². The number of carbonyl (C=O) groups excluding carboxylic acids is 3. The summed E-state index contributed by atoms with van der Waals surface area (Å²) in [6.45, 7) is 1.68. The number of amides is 4. The first-order chi connectivity index (χ1) is 11.6. The molecule has 0 atom stereocenters. The Hall–Kier alpha value is -3.15. The second-order valence-electron chi connectivity index (χ2n) is 5.25. The van der Waals surface area contributed by atoms with Crippen LogP contribution in [0, 0.1) is 0 Å². The van der Waals surface area contributed by atoms with Crippen molar-refractivity contribution in [2.24, 2.45) is 0 Å². The molecule has 2 aromatic rings. The fourth-order valence-corrected chi connectivity index (χ4v) is 2.82. The molecule has 1 aliphatic rings. The van der Waals surface area contributed by atoms with E-state index in [1.165, 1.54) is 0 Å². The van der Waals surface area contributed by atoms with Gasteiger partial charge in [0, 0.05) is 0 Å². The normalized spacial score (nSPS) is 16.0. The van der Waals surface area contributed by atoms with Gasteiger partial charge in [-0.25, -0.2) is 9.59 Å². The zero-order chi connectivity index (χ0) is 17.2. The number of imide groups is 3. The average molecular weight is 324 g/mol. The summed E-state index contributed by atoms with van der Waals surface area (Å²) in [4.78, 5) is 38.0. The monoisotopic (exact) mass is 324 g/mol. The molecule has 0 spiro atoms. The third-order valence-corrected chi connectivity index (χ3v) is 3.89. The summed E-state index contributed by atoms with van der Waals surface area (Å²) in [6.07, 6.45) is -0.978. The number of rotatable bonds is 3. The van der Waals surface area contributed by atoms with Crippen LogP contribution in [0.2, 0.25) is 0 Å². The molecule has 24 heavy (non-hydrogen) atoms. The molecule has 1 fully saturated rings. The largest absolute Gasteiger partial charge is 0.449 e. The van der Waals surface area contributed by atoms with E-state index in [1.54, 1.807) is 55.5 Å². The van der Waals surface area contributed by atoms with Gasteiger partial charge in [0.25, 0.3) is 5.91 Å². The Balaban J connectivity index is 2.16. The van der Waals surface area contributed by atoms with Crippen LogP contribution in [0.4, 0.5) is 9.59 Å². The number of urea groups is 1. The van der Waals surface area contributed by atoms with Crippen LogP contribution in [-0.4, -0.2) is 29.5 Å². The van der Waals surface area contributed by atoms with Crippen molar-refractivity contribution in [1.29, 1.82) is 0 Å². The zero-order valence-electron chi connectivity index (χ0n) is 13.1. The number of nitrogens with one attached hydrogen (secondary N) is 1. The number of hydrogen-bond donors (Lipinski definition) is 1. The minimum absolute atomic E-state index is 0.0690. The highest BCUT2D eigenvalue weighted by Gasteiger charge is 2.56.